The highest BCUT2D eigenvalue weighted by Gasteiger charge is 2.06. The highest BCUT2D eigenvalue weighted by molar-refractivity contribution is 7.99. The van der Waals surface area contributed by atoms with Crippen LogP contribution in [0.2, 0.25) is 0 Å². The minimum Gasteiger partial charge on any atom is -0.308 e. The average molecular weight is 241 g/mol. The van der Waals surface area contributed by atoms with E-state index < -0.39 is 0 Å². The van der Waals surface area contributed by atoms with Gasteiger partial charge < -0.3 is 5.32 Å². The molecule has 0 aliphatic heterocycles. The number of aromatic nitrogens is 2. The third kappa shape index (κ3) is 4.18. The number of aryl methyl sites for hydroxylation is 2. The van der Waals surface area contributed by atoms with E-state index in [0.717, 1.165) is 18.8 Å². The normalized spacial score (nSPS) is 13.0. The van der Waals surface area contributed by atoms with Crippen molar-refractivity contribution in [1.82, 2.24) is 15.1 Å². The van der Waals surface area contributed by atoms with Crippen LogP contribution in [-0.2, 0) is 13.1 Å². The summed E-state index contributed by atoms with van der Waals surface area (Å²) >= 11 is 1.98. The first-order valence-electron chi connectivity index (χ1n) is 6.01. The molecule has 92 valence electrons. The van der Waals surface area contributed by atoms with Crippen LogP contribution in [0.4, 0.5) is 0 Å². The fourth-order valence-electron chi connectivity index (χ4n) is 1.65. The topological polar surface area (TPSA) is 29.9 Å². The van der Waals surface area contributed by atoms with E-state index in [-0.39, 0.29) is 0 Å². The third-order valence-electron chi connectivity index (χ3n) is 2.49. The van der Waals surface area contributed by atoms with Gasteiger partial charge in [0.1, 0.15) is 0 Å². The summed E-state index contributed by atoms with van der Waals surface area (Å²) in [6.45, 7) is 10.5. The molecule has 0 radical (unpaired) electrons. The first-order chi connectivity index (χ1) is 7.67. The molecule has 0 aliphatic carbocycles. The molecule has 1 N–H and O–H groups in total. The lowest BCUT2D eigenvalue weighted by atomic mass is 10.3. The van der Waals surface area contributed by atoms with E-state index in [4.69, 9.17) is 0 Å². The van der Waals surface area contributed by atoms with E-state index >= 15 is 0 Å². The molecule has 0 saturated carbocycles. The van der Waals surface area contributed by atoms with Crippen LogP contribution >= 0.6 is 11.8 Å². The van der Waals surface area contributed by atoms with Crippen molar-refractivity contribution in [1.29, 1.82) is 0 Å². The molecule has 0 bridgehead atoms. The Kier molecular flexibility index (Phi) is 5.91. The first-order valence-corrected chi connectivity index (χ1v) is 7.17. The van der Waals surface area contributed by atoms with Crippen molar-refractivity contribution in [3.8, 4) is 0 Å². The molecule has 4 heteroatoms. The number of thioether (sulfide) groups is 1. The molecule has 0 saturated heterocycles. The van der Waals surface area contributed by atoms with Crippen LogP contribution in [0.15, 0.2) is 6.07 Å². The molecule has 1 aromatic heterocycles. The van der Waals surface area contributed by atoms with E-state index in [1.807, 2.05) is 18.7 Å². The molecule has 1 aromatic rings. The molecule has 3 nitrogen and oxygen atoms in total. The quantitative estimate of drug-likeness (QED) is 0.795. The van der Waals surface area contributed by atoms with Crippen molar-refractivity contribution in [2.75, 3.05) is 11.5 Å². The minimum atomic E-state index is 0.561. The number of hydrogen-bond acceptors (Lipinski definition) is 3. The van der Waals surface area contributed by atoms with Gasteiger partial charge in [-0.1, -0.05) is 6.92 Å². The third-order valence-corrected chi connectivity index (χ3v) is 3.63. The van der Waals surface area contributed by atoms with Gasteiger partial charge in [0.05, 0.1) is 11.4 Å². The Balaban J connectivity index is 2.41. The lowest BCUT2D eigenvalue weighted by Crippen LogP contribution is -2.28. The second-order valence-electron chi connectivity index (χ2n) is 4.03. The number of rotatable bonds is 7. The van der Waals surface area contributed by atoms with Crippen LogP contribution in [0, 0.1) is 6.92 Å². The van der Waals surface area contributed by atoms with Gasteiger partial charge in [-0.25, -0.2) is 0 Å². The summed E-state index contributed by atoms with van der Waals surface area (Å²) in [5, 5.41) is 7.98. The molecule has 0 spiro atoms. The van der Waals surface area contributed by atoms with Crippen LogP contribution in [0.1, 0.15) is 32.2 Å². The van der Waals surface area contributed by atoms with Crippen molar-refractivity contribution in [2.24, 2.45) is 0 Å². The largest absolute Gasteiger partial charge is 0.308 e. The molecule has 0 fully saturated rings. The van der Waals surface area contributed by atoms with Gasteiger partial charge in [0.25, 0.3) is 0 Å². The van der Waals surface area contributed by atoms with E-state index in [9.17, 15) is 0 Å². The van der Waals surface area contributed by atoms with Gasteiger partial charge in [0, 0.05) is 24.9 Å². The van der Waals surface area contributed by atoms with Gasteiger partial charge in [-0.2, -0.15) is 16.9 Å². The van der Waals surface area contributed by atoms with Crippen LogP contribution in [0.25, 0.3) is 0 Å². The van der Waals surface area contributed by atoms with Crippen LogP contribution in [0.5, 0.6) is 0 Å². The Bertz CT molecular complexity index is 309. The van der Waals surface area contributed by atoms with Gasteiger partial charge in [-0.15, -0.1) is 0 Å². The van der Waals surface area contributed by atoms with Crippen LogP contribution < -0.4 is 5.32 Å². The lowest BCUT2D eigenvalue weighted by molar-refractivity contribution is 0.543. The molecule has 0 aromatic carbocycles. The Hall–Kier alpha value is -0.480. The summed E-state index contributed by atoms with van der Waals surface area (Å²) in [6.07, 6.45) is 0. The van der Waals surface area contributed by atoms with Crippen molar-refractivity contribution < 1.29 is 0 Å². The molecule has 1 unspecified atom stereocenters. The van der Waals surface area contributed by atoms with Gasteiger partial charge in [0.15, 0.2) is 0 Å². The summed E-state index contributed by atoms with van der Waals surface area (Å²) in [6, 6.07) is 2.72. The van der Waals surface area contributed by atoms with Gasteiger partial charge in [-0.3, -0.25) is 4.68 Å². The van der Waals surface area contributed by atoms with E-state index in [0.29, 0.717) is 6.04 Å². The molecule has 1 heterocycles. The maximum atomic E-state index is 4.44. The van der Waals surface area contributed by atoms with Gasteiger partial charge in [-0.05, 0) is 32.6 Å². The zero-order valence-electron chi connectivity index (χ0n) is 10.8. The Labute approximate surface area is 103 Å². The highest BCUT2D eigenvalue weighted by atomic mass is 32.2. The van der Waals surface area contributed by atoms with E-state index in [1.54, 1.807) is 0 Å². The maximum absolute atomic E-state index is 4.44. The molecule has 1 rings (SSSR count). The Morgan fingerprint density at radius 3 is 2.88 bits per heavy atom. The van der Waals surface area contributed by atoms with Crippen molar-refractivity contribution in [2.45, 2.75) is 46.8 Å². The summed E-state index contributed by atoms with van der Waals surface area (Å²) in [5.41, 5.74) is 2.39. The zero-order chi connectivity index (χ0) is 12.0. The Morgan fingerprint density at radius 1 is 1.50 bits per heavy atom. The summed E-state index contributed by atoms with van der Waals surface area (Å²) in [7, 11) is 0. The molecule has 0 aliphatic rings. The molecule has 0 amide bonds. The average Bonchev–Trinajstić information content (AvgIpc) is 2.64. The zero-order valence-corrected chi connectivity index (χ0v) is 11.6. The lowest BCUT2D eigenvalue weighted by Gasteiger charge is -2.13. The molecular weight excluding hydrogens is 218 g/mol. The predicted molar refractivity (Wildman–Crippen MR) is 71.9 cm³/mol. The van der Waals surface area contributed by atoms with E-state index in [1.165, 1.54) is 17.2 Å². The van der Waals surface area contributed by atoms with E-state index in [2.05, 4.69) is 41.9 Å². The van der Waals surface area contributed by atoms with Crippen molar-refractivity contribution >= 4 is 11.8 Å². The second kappa shape index (κ2) is 6.97. The van der Waals surface area contributed by atoms with Gasteiger partial charge >= 0.3 is 0 Å². The summed E-state index contributed by atoms with van der Waals surface area (Å²) in [5.74, 6) is 2.37. The number of hydrogen-bond donors (Lipinski definition) is 1. The van der Waals surface area contributed by atoms with Crippen molar-refractivity contribution in [3.63, 3.8) is 0 Å². The fourth-order valence-corrected chi connectivity index (χ4v) is 2.35. The van der Waals surface area contributed by atoms with Crippen molar-refractivity contribution in [3.05, 3.63) is 17.5 Å². The Morgan fingerprint density at radius 2 is 2.25 bits per heavy atom. The fraction of sp³-hybridized carbons (Fsp3) is 0.750. The standard InChI is InChI=1S/C12H23N3S/c1-5-15-12(7-10(3)14-15)8-13-11(4)9-16-6-2/h7,11,13H,5-6,8-9H2,1-4H3. The van der Waals surface area contributed by atoms with Gasteiger partial charge in [0.2, 0.25) is 0 Å². The maximum Gasteiger partial charge on any atom is 0.0597 e. The van der Waals surface area contributed by atoms with Crippen LogP contribution in [0.3, 0.4) is 0 Å². The minimum absolute atomic E-state index is 0.561. The smallest absolute Gasteiger partial charge is 0.0597 e. The molecule has 1 atom stereocenters. The number of nitrogens with zero attached hydrogens (tertiary/aromatic N) is 2. The first kappa shape index (κ1) is 13.6. The summed E-state index contributed by atoms with van der Waals surface area (Å²) < 4.78 is 2.07. The van der Waals surface area contributed by atoms with Crippen LogP contribution in [-0.4, -0.2) is 27.3 Å². The monoisotopic (exact) mass is 241 g/mol. The molecular formula is C12H23N3S. The molecule has 16 heavy (non-hydrogen) atoms. The number of nitrogens with one attached hydrogen (secondary N) is 1. The second-order valence-corrected chi connectivity index (χ2v) is 5.35. The summed E-state index contributed by atoms with van der Waals surface area (Å²) in [4.78, 5) is 0. The highest BCUT2D eigenvalue weighted by Crippen LogP contribution is 2.05. The SMILES string of the molecule is CCSCC(C)NCc1cc(C)nn1CC. The predicted octanol–water partition coefficient (Wildman–Crippen LogP) is 2.44.